The molecule has 1 aliphatic rings. The van der Waals surface area contributed by atoms with Gasteiger partial charge in [-0.25, -0.2) is 0 Å². The molecule has 3 aromatic rings. The van der Waals surface area contributed by atoms with Crippen molar-refractivity contribution in [2.24, 2.45) is 5.92 Å². The first kappa shape index (κ1) is 23.4. The van der Waals surface area contributed by atoms with Crippen LogP contribution in [0.5, 0.6) is 5.75 Å². The Morgan fingerprint density at radius 3 is 2.48 bits per heavy atom. The largest absolute Gasteiger partial charge is 0.494 e. The third-order valence-corrected chi connectivity index (χ3v) is 6.95. The Morgan fingerprint density at radius 1 is 1.06 bits per heavy atom. The highest BCUT2D eigenvalue weighted by Crippen LogP contribution is 2.26. The summed E-state index contributed by atoms with van der Waals surface area (Å²) in [5.41, 5.74) is 2.12. The molecule has 6 nitrogen and oxygen atoms in total. The second kappa shape index (κ2) is 11.4. The number of benzene rings is 2. The van der Waals surface area contributed by atoms with E-state index < -0.39 is 0 Å². The molecule has 0 saturated heterocycles. The summed E-state index contributed by atoms with van der Waals surface area (Å²) in [7, 11) is 0. The van der Waals surface area contributed by atoms with Gasteiger partial charge in [-0.15, -0.1) is 10.2 Å². The van der Waals surface area contributed by atoms with Crippen LogP contribution in [-0.4, -0.2) is 39.1 Å². The van der Waals surface area contributed by atoms with E-state index in [1.807, 2.05) is 54.0 Å². The van der Waals surface area contributed by atoms with Crippen molar-refractivity contribution in [1.82, 2.24) is 20.1 Å². The molecule has 7 heteroatoms. The molecule has 4 rings (SSSR count). The monoisotopic (exact) mass is 464 g/mol. The van der Waals surface area contributed by atoms with Gasteiger partial charge in [0.1, 0.15) is 11.6 Å². The van der Waals surface area contributed by atoms with Crippen molar-refractivity contribution < 1.29 is 9.53 Å². The molecule has 2 aromatic carbocycles. The highest BCUT2D eigenvalue weighted by molar-refractivity contribution is 7.99. The van der Waals surface area contributed by atoms with Crippen LogP contribution in [0.4, 0.5) is 0 Å². The van der Waals surface area contributed by atoms with Crippen molar-refractivity contribution in [2.75, 3.05) is 12.4 Å². The van der Waals surface area contributed by atoms with Crippen molar-refractivity contribution >= 4 is 17.7 Å². The molecule has 1 saturated carbocycles. The maximum absolute atomic E-state index is 12.6. The predicted molar refractivity (Wildman–Crippen MR) is 132 cm³/mol. The summed E-state index contributed by atoms with van der Waals surface area (Å²) in [6.45, 7) is 4.88. The quantitative estimate of drug-likeness (QED) is 0.449. The Morgan fingerprint density at radius 2 is 1.79 bits per heavy atom. The highest BCUT2D eigenvalue weighted by atomic mass is 32.2. The molecule has 0 spiro atoms. The number of hydrogen-bond donors (Lipinski definition) is 1. The van der Waals surface area contributed by atoms with Gasteiger partial charge in [-0.2, -0.15) is 0 Å². The van der Waals surface area contributed by atoms with Crippen LogP contribution in [0.2, 0.25) is 0 Å². The number of aromatic nitrogens is 3. The molecule has 0 radical (unpaired) electrons. The first-order valence-corrected chi connectivity index (χ1v) is 12.7. The van der Waals surface area contributed by atoms with Crippen molar-refractivity contribution in [3.8, 4) is 11.4 Å². The zero-order valence-electron chi connectivity index (χ0n) is 19.4. The van der Waals surface area contributed by atoms with Crippen molar-refractivity contribution in [1.29, 1.82) is 0 Å². The molecular formula is C26H32N4O2S. The molecule has 0 bridgehead atoms. The van der Waals surface area contributed by atoms with Crippen molar-refractivity contribution in [3.05, 3.63) is 66.0 Å². The molecular weight excluding hydrogens is 432 g/mol. The summed E-state index contributed by atoms with van der Waals surface area (Å²) < 4.78 is 7.64. The normalized spacial score (nSPS) is 18.1. The molecule has 0 aliphatic heterocycles. The standard InChI is InChI=1S/C26H32N4O2S/c1-3-32-23-15-13-22(14-16-23)30-24(17-20-7-5-4-6-8-20)28-29-26(30)33-18-25(31)27-21-11-9-19(2)10-12-21/h4-8,13-16,19,21H,3,9-12,17-18H2,1-2H3,(H,27,31). The zero-order valence-corrected chi connectivity index (χ0v) is 20.2. The van der Waals surface area contributed by atoms with E-state index in [2.05, 4.69) is 34.6 Å². The topological polar surface area (TPSA) is 69.0 Å². The lowest BCUT2D eigenvalue weighted by Crippen LogP contribution is -2.38. The number of amides is 1. The summed E-state index contributed by atoms with van der Waals surface area (Å²) in [5.74, 6) is 2.82. The maximum Gasteiger partial charge on any atom is 0.230 e. The second-order valence-corrected chi connectivity index (χ2v) is 9.58. The Labute approximate surface area is 200 Å². The van der Waals surface area contributed by atoms with E-state index in [0.29, 0.717) is 24.8 Å². The number of ether oxygens (including phenoxy) is 1. The SMILES string of the molecule is CCOc1ccc(-n2c(Cc3ccccc3)nnc2SCC(=O)NC2CCC(C)CC2)cc1. The van der Waals surface area contributed by atoms with E-state index in [1.165, 1.54) is 24.6 Å². The van der Waals surface area contributed by atoms with Gasteiger partial charge in [-0.05, 0) is 68.4 Å². The zero-order chi connectivity index (χ0) is 23.0. The first-order chi connectivity index (χ1) is 16.1. The number of thioether (sulfide) groups is 1. The number of rotatable bonds is 9. The minimum Gasteiger partial charge on any atom is -0.494 e. The fraction of sp³-hybridized carbons (Fsp3) is 0.423. The van der Waals surface area contributed by atoms with Crippen LogP contribution in [0.3, 0.4) is 0 Å². The van der Waals surface area contributed by atoms with Crippen molar-refractivity contribution in [3.63, 3.8) is 0 Å². The summed E-state index contributed by atoms with van der Waals surface area (Å²) in [6, 6.07) is 18.5. The van der Waals surface area contributed by atoms with Gasteiger partial charge in [-0.1, -0.05) is 49.0 Å². The Bertz CT molecular complexity index is 1030. The summed E-state index contributed by atoms with van der Waals surface area (Å²) >= 11 is 1.43. The summed E-state index contributed by atoms with van der Waals surface area (Å²) in [6.07, 6.45) is 5.18. The lowest BCUT2D eigenvalue weighted by atomic mass is 9.87. The Balaban J connectivity index is 1.49. The summed E-state index contributed by atoms with van der Waals surface area (Å²) in [5, 5.41) is 12.8. The maximum atomic E-state index is 12.6. The molecule has 1 heterocycles. The van der Waals surface area contributed by atoms with Crippen LogP contribution >= 0.6 is 11.8 Å². The van der Waals surface area contributed by atoms with E-state index in [0.717, 1.165) is 46.7 Å². The lowest BCUT2D eigenvalue weighted by molar-refractivity contribution is -0.119. The molecule has 1 N–H and O–H groups in total. The predicted octanol–water partition coefficient (Wildman–Crippen LogP) is 5.04. The van der Waals surface area contributed by atoms with Crippen LogP contribution in [0.1, 0.15) is 50.9 Å². The van der Waals surface area contributed by atoms with Gasteiger partial charge in [-0.3, -0.25) is 9.36 Å². The molecule has 1 aliphatic carbocycles. The average Bonchev–Trinajstić information content (AvgIpc) is 3.23. The van der Waals surface area contributed by atoms with Gasteiger partial charge in [0.15, 0.2) is 5.16 Å². The molecule has 174 valence electrons. The van der Waals surface area contributed by atoms with Gasteiger partial charge in [0.05, 0.1) is 12.4 Å². The minimum absolute atomic E-state index is 0.0606. The number of nitrogens with zero attached hydrogens (tertiary/aromatic N) is 3. The van der Waals surface area contributed by atoms with Crippen molar-refractivity contribution in [2.45, 2.75) is 57.1 Å². The van der Waals surface area contributed by atoms with E-state index in [4.69, 9.17) is 4.74 Å². The third-order valence-electron chi connectivity index (χ3n) is 6.02. The lowest BCUT2D eigenvalue weighted by Gasteiger charge is -2.26. The van der Waals surface area contributed by atoms with Gasteiger partial charge < -0.3 is 10.1 Å². The van der Waals surface area contributed by atoms with Crippen LogP contribution < -0.4 is 10.1 Å². The second-order valence-electron chi connectivity index (χ2n) is 8.64. The van der Waals surface area contributed by atoms with Crippen LogP contribution in [-0.2, 0) is 11.2 Å². The smallest absolute Gasteiger partial charge is 0.230 e. The molecule has 1 aromatic heterocycles. The molecule has 1 fully saturated rings. The van der Waals surface area contributed by atoms with Gasteiger partial charge in [0.25, 0.3) is 0 Å². The van der Waals surface area contributed by atoms with Gasteiger partial charge >= 0.3 is 0 Å². The van der Waals surface area contributed by atoms with E-state index in [-0.39, 0.29) is 5.91 Å². The number of carbonyl (C=O) groups is 1. The summed E-state index contributed by atoms with van der Waals surface area (Å²) in [4.78, 5) is 12.6. The molecule has 33 heavy (non-hydrogen) atoms. The highest BCUT2D eigenvalue weighted by Gasteiger charge is 2.21. The van der Waals surface area contributed by atoms with E-state index >= 15 is 0 Å². The molecule has 1 amide bonds. The minimum atomic E-state index is 0.0606. The number of hydrogen-bond acceptors (Lipinski definition) is 5. The average molecular weight is 465 g/mol. The van der Waals surface area contributed by atoms with Crippen LogP contribution in [0, 0.1) is 5.92 Å². The van der Waals surface area contributed by atoms with Crippen LogP contribution in [0.15, 0.2) is 59.8 Å². The fourth-order valence-electron chi connectivity index (χ4n) is 4.21. The van der Waals surface area contributed by atoms with Gasteiger partial charge in [0, 0.05) is 18.2 Å². The van der Waals surface area contributed by atoms with Crippen LogP contribution in [0.25, 0.3) is 5.69 Å². The number of carbonyl (C=O) groups excluding carboxylic acids is 1. The molecule has 0 unspecified atom stereocenters. The number of nitrogens with one attached hydrogen (secondary N) is 1. The Hall–Kier alpha value is -2.80. The first-order valence-electron chi connectivity index (χ1n) is 11.8. The Kier molecular flexibility index (Phi) is 8.05. The van der Waals surface area contributed by atoms with E-state index in [1.54, 1.807) is 0 Å². The third kappa shape index (κ3) is 6.38. The molecule has 0 atom stereocenters. The fourth-order valence-corrected chi connectivity index (χ4v) is 4.99. The van der Waals surface area contributed by atoms with Gasteiger partial charge in [0.2, 0.25) is 5.91 Å². The van der Waals surface area contributed by atoms with E-state index in [9.17, 15) is 4.79 Å².